The van der Waals surface area contributed by atoms with Gasteiger partial charge in [-0.25, -0.2) is 4.98 Å². The number of benzene rings is 2. The van der Waals surface area contributed by atoms with Gasteiger partial charge in [0.05, 0.1) is 30.0 Å². The van der Waals surface area contributed by atoms with Gasteiger partial charge < -0.3 is 36.3 Å². The minimum absolute atomic E-state index is 0.0609. The van der Waals surface area contributed by atoms with Crippen LogP contribution in [-0.4, -0.2) is 93.4 Å². The van der Waals surface area contributed by atoms with Crippen molar-refractivity contribution < 1.29 is 29.1 Å². The lowest BCUT2D eigenvalue weighted by Crippen LogP contribution is -2.60. The average Bonchev–Trinajstić information content (AvgIpc) is 3.45. The van der Waals surface area contributed by atoms with E-state index in [1.54, 1.807) is 56.3 Å². The number of imidazole rings is 1. The van der Waals surface area contributed by atoms with Gasteiger partial charge in [0.15, 0.2) is 0 Å². The number of aliphatic hydroxyl groups excluding tert-OH is 1. The van der Waals surface area contributed by atoms with Gasteiger partial charge in [-0.1, -0.05) is 44.2 Å². The molecule has 4 rings (SSSR count). The summed E-state index contributed by atoms with van der Waals surface area (Å²) in [6.45, 7) is 4.34. The number of fused-ring (bicyclic) bond motifs is 1. The molecule has 0 unspecified atom stereocenters. The van der Waals surface area contributed by atoms with Gasteiger partial charge in [0.25, 0.3) is 5.91 Å². The number of nitrogens with zero attached hydrogens (tertiary/aromatic N) is 2. The number of aliphatic hydroxyl groups is 1. The van der Waals surface area contributed by atoms with Crippen LogP contribution in [0.15, 0.2) is 54.9 Å². The second kappa shape index (κ2) is 13.9. The van der Waals surface area contributed by atoms with Crippen molar-refractivity contribution in [2.24, 2.45) is 5.92 Å². The van der Waals surface area contributed by atoms with E-state index in [1.165, 1.54) is 18.2 Å². The van der Waals surface area contributed by atoms with Crippen molar-refractivity contribution in [1.82, 2.24) is 36.1 Å². The Morgan fingerprint density at radius 1 is 0.953 bits per heavy atom. The third-order valence-corrected chi connectivity index (χ3v) is 7.21. The monoisotopic (exact) mass is 591 g/mol. The van der Waals surface area contributed by atoms with E-state index in [4.69, 9.17) is 0 Å². The van der Waals surface area contributed by atoms with E-state index in [0.717, 1.165) is 5.56 Å². The first-order valence-corrected chi connectivity index (χ1v) is 14.2. The van der Waals surface area contributed by atoms with Crippen LogP contribution in [0.2, 0.25) is 0 Å². The maximum atomic E-state index is 13.5. The van der Waals surface area contributed by atoms with Crippen LogP contribution in [0.1, 0.15) is 36.7 Å². The fourth-order valence-corrected chi connectivity index (χ4v) is 4.83. The predicted octanol–water partition coefficient (Wildman–Crippen LogP) is -0.131. The van der Waals surface area contributed by atoms with Crippen LogP contribution in [0.4, 0.5) is 0 Å². The lowest BCUT2D eigenvalue weighted by Gasteiger charge is -2.27. The Morgan fingerprint density at radius 3 is 2.40 bits per heavy atom. The number of amides is 5. The van der Waals surface area contributed by atoms with E-state index >= 15 is 0 Å². The average molecular weight is 592 g/mol. The lowest BCUT2D eigenvalue weighted by molar-refractivity contribution is -0.135. The molecule has 6 N–H and O–H groups in total. The van der Waals surface area contributed by atoms with E-state index < -0.39 is 60.3 Å². The Bertz CT molecular complexity index is 1470. The van der Waals surface area contributed by atoms with Gasteiger partial charge in [-0.3, -0.25) is 24.0 Å². The normalized spacial score (nSPS) is 21.7. The second-order valence-corrected chi connectivity index (χ2v) is 10.9. The van der Waals surface area contributed by atoms with Crippen LogP contribution in [0.25, 0.3) is 11.0 Å². The van der Waals surface area contributed by atoms with Crippen molar-refractivity contribution in [3.63, 3.8) is 0 Å². The largest absolute Gasteiger partial charge is 0.391 e. The van der Waals surface area contributed by atoms with Gasteiger partial charge >= 0.3 is 0 Å². The van der Waals surface area contributed by atoms with E-state index in [0.29, 0.717) is 16.6 Å². The lowest BCUT2D eigenvalue weighted by atomic mass is 10.0. The third-order valence-electron chi connectivity index (χ3n) is 7.21. The van der Waals surface area contributed by atoms with Crippen LogP contribution in [-0.2, 0) is 25.6 Å². The minimum atomic E-state index is -1.33. The van der Waals surface area contributed by atoms with Gasteiger partial charge in [-0.05, 0) is 36.6 Å². The summed E-state index contributed by atoms with van der Waals surface area (Å²) in [7, 11) is 0. The summed E-state index contributed by atoms with van der Waals surface area (Å²) >= 11 is 0. The van der Waals surface area contributed by atoms with Crippen molar-refractivity contribution in [2.45, 2.75) is 51.4 Å². The standard InChI is InChI=1S/C30H37N7O6/c1-17(2)25-29(42)34-23(13-19-7-5-4-6-8-19)27(40)36-26(18(3)38)28(41)31-11-12-37(15-24(39)35-25)30(43)20-9-10-21-22(14-20)33-16-32-21/h4-10,14,16-18,23,25-26,38H,11-13,15H2,1-3H3,(H,31,41)(H,32,33)(H,34,42)(H,35,39)(H,36,40)/t18-,23+,25-,26+/m1/s1. The molecule has 0 aliphatic carbocycles. The maximum Gasteiger partial charge on any atom is 0.254 e. The molecule has 1 aromatic heterocycles. The SMILES string of the molecule is CC(C)[C@H]1NC(=O)CN(C(=O)c2ccc3nc[nH]c3c2)CCNC(=O)[C@H]([C@@H](C)O)NC(=O)[C@H](Cc2ccccc2)NC1=O. The van der Waals surface area contributed by atoms with Gasteiger partial charge in [-0.15, -0.1) is 0 Å². The molecular weight excluding hydrogens is 554 g/mol. The molecule has 1 fully saturated rings. The summed E-state index contributed by atoms with van der Waals surface area (Å²) < 4.78 is 0. The highest BCUT2D eigenvalue weighted by Gasteiger charge is 2.33. The molecule has 1 aliphatic heterocycles. The number of H-pyrrole nitrogens is 1. The molecular formula is C30H37N7O6. The maximum absolute atomic E-state index is 13.5. The number of nitrogens with one attached hydrogen (secondary N) is 5. The predicted molar refractivity (Wildman–Crippen MR) is 157 cm³/mol. The quantitative estimate of drug-likeness (QED) is 0.239. The summed E-state index contributed by atoms with van der Waals surface area (Å²) in [5.74, 6) is -3.38. The molecule has 13 heteroatoms. The Morgan fingerprint density at radius 2 is 1.70 bits per heavy atom. The number of rotatable bonds is 5. The van der Waals surface area contributed by atoms with Crippen molar-refractivity contribution in [3.05, 3.63) is 66.0 Å². The zero-order chi connectivity index (χ0) is 31.1. The molecule has 5 amide bonds. The zero-order valence-electron chi connectivity index (χ0n) is 24.3. The van der Waals surface area contributed by atoms with Gasteiger partial charge in [0, 0.05) is 25.1 Å². The number of aromatic nitrogens is 2. The van der Waals surface area contributed by atoms with Crippen LogP contribution in [0, 0.1) is 5.92 Å². The Balaban J connectivity index is 1.63. The summed E-state index contributed by atoms with van der Waals surface area (Å²) in [5, 5.41) is 21.0. The van der Waals surface area contributed by atoms with Crippen LogP contribution in [0.5, 0.6) is 0 Å². The van der Waals surface area contributed by atoms with Crippen molar-refractivity contribution >= 4 is 40.6 Å². The summed E-state index contributed by atoms with van der Waals surface area (Å²) in [6.07, 6.45) is 0.345. The van der Waals surface area contributed by atoms with E-state index in [-0.39, 0.29) is 25.4 Å². The molecule has 1 saturated heterocycles. The molecule has 0 spiro atoms. The van der Waals surface area contributed by atoms with Crippen molar-refractivity contribution in [1.29, 1.82) is 0 Å². The van der Waals surface area contributed by atoms with E-state index in [2.05, 4.69) is 31.2 Å². The molecule has 2 aromatic carbocycles. The Hall–Kier alpha value is -4.78. The summed E-state index contributed by atoms with van der Waals surface area (Å²) in [4.78, 5) is 75.1. The van der Waals surface area contributed by atoms with E-state index in [9.17, 15) is 29.1 Å². The van der Waals surface area contributed by atoms with E-state index in [1.807, 2.05) is 6.07 Å². The fraction of sp³-hybridized carbons (Fsp3) is 0.400. The van der Waals surface area contributed by atoms with Crippen LogP contribution < -0.4 is 21.3 Å². The first-order chi connectivity index (χ1) is 20.5. The molecule has 3 aromatic rings. The topological polar surface area (TPSA) is 186 Å². The molecule has 0 bridgehead atoms. The summed E-state index contributed by atoms with van der Waals surface area (Å²) in [6, 6.07) is 10.4. The summed E-state index contributed by atoms with van der Waals surface area (Å²) in [5.41, 5.74) is 2.36. The minimum Gasteiger partial charge on any atom is -0.391 e. The van der Waals surface area contributed by atoms with Gasteiger partial charge in [0.2, 0.25) is 23.6 Å². The number of aromatic amines is 1. The van der Waals surface area contributed by atoms with Crippen LogP contribution in [0.3, 0.4) is 0 Å². The number of carbonyl (C=O) groups is 5. The van der Waals surface area contributed by atoms with Crippen molar-refractivity contribution in [3.8, 4) is 0 Å². The molecule has 1 aliphatic rings. The molecule has 4 atom stereocenters. The highest BCUT2D eigenvalue weighted by Crippen LogP contribution is 2.14. The van der Waals surface area contributed by atoms with Crippen molar-refractivity contribution in [2.75, 3.05) is 19.6 Å². The number of carbonyl (C=O) groups excluding carboxylic acids is 5. The third kappa shape index (κ3) is 7.95. The number of hydrogen-bond donors (Lipinski definition) is 6. The Kier molecular flexibility index (Phi) is 10.1. The first kappa shape index (κ1) is 31.2. The number of hydrogen-bond acceptors (Lipinski definition) is 7. The molecule has 0 saturated carbocycles. The fourth-order valence-electron chi connectivity index (χ4n) is 4.83. The van der Waals surface area contributed by atoms with Gasteiger partial charge in [0.1, 0.15) is 18.1 Å². The van der Waals surface area contributed by atoms with Gasteiger partial charge in [-0.2, -0.15) is 0 Å². The molecule has 2 heterocycles. The molecule has 43 heavy (non-hydrogen) atoms. The smallest absolute Gasteiger partial charge is 0.254 e. The molecule has 228 valence electrons. The molecule has 13 nitrogen and oxygen atoms in total. The second-order valence-electron chi connectivity index (χ2n) is 10.9. The highest BCUT2D eigenvalue weighted by atomic mass is 16.3. The first-order valence-electron chi connectivity index (χ1n) is 14.2. The zero-order valence-corrected chi connectivity index (χ0v) is 24.3. The molecule has 0 radical (unpaired) electrons. The van der Waals surface area contributed by atoms with Crippen LogP contribution >= 0.6 is 0 Å². The Labute approximate surface area is 248 Å². The highest BCUT2D eigenvalue weighted by molar-refractivity contribution is 6.00.